The molecule has 0 atom stereocenters. The van der Waals surface area contributed by atoms with E-state index in [4.69, 9.17) is 0 Å². The third-order valence-electron chi connectivity index (χ3n) is 4.25. The van der Waals surface area contributed by atoms with E-state index >= 15 is 0 Å². The van der Waals surface area contributed by atoms with Crippen molar-refractivity contribution in [2.75, 3.05) is 31.6 Å². The summed E-state index contributed by atoms with van der Waals surface area (Å²) in [5.41, 5.74) is 0. The summed E-state index contributed by atoms with van der Waals surface area (Å²) in [7, 11) is 2.01. The monoisotopic (exact) mass is 321 g/mol. The molecule has 0 aromatic carbocycles. The fourth-order valence-electron chi connectivity index (χ4n) is 2.58. The summed E-state index contributed by atoms with van der Waals surface area (Å²) in [6.45, 7) is 12.0. The molecule has 1 aromatic heterocycles. The van der Waals surface area contributed by atoms with E-state index < -0.39 is 0 Å². The van der Waals surface area contributed by atoms with Crippen LogP contribution < -0.4 is 15.5 Å². The van der Waals surface area contributed by atoms with Gasteiger partial charge in [-0.1, -0.05) is 34.1 Å². The number of hydrogen-bond acceptors (Lipinski definition) is 5. The number of aromatic nitrogens is 2. The van der Waals surface area contributed by atoms with Crippen molar-refractivity contribution in [1.29, 1.82) is 0 Å². The molecule has 0 radical (unpaired) electrons. The van der Waals surface area contributed by atoms with Gasteiger partial charge in [0.05, 0.1) is 6.54 Å². The highest BCUT2D eigenvalue weighted by atomic mass is 15.3. The molecule has 1 aromatic rings. The Hall–Kier alpha value is -1.20. The molecule has 1 saturated heterocycles. The zero-order valence-electron chi connectivity index (χ0n) is 15.6. The van der Waals surface area contributed by atoms with Crippen LogP contribution >= 0.6 is 0 Å². The fraction of sp³-hybridized carbons (Fsp3) is 0.778. The van der Waals surface area contributed by atoms with E-state index in [0.29, 0.717) is 6.04 Å². The van der Waals surface area contributed by atoms with Crippen LogP contribution in [0.5, 0.6) is 0 Å². The summed E-state index contributed by atoms with van der Waals surface area (Å²) in [6, 6.07) is 2.61. The lowest BCUT2D eigenvalue weighted by molar-refractivity contribution is 0.300. The first-order valence-electron chi connectivity index (χ1n) is 9.30. The highest BCUT2D eigenvalue weighted by Gasteiger charge is 2.26. The number of nitrogens with zero attached hydrogens (tertiary/aromatic N) is 3. The number of rotatable bonds is 6. The summed E-state index contributed by atoms with van der Waals surface area (Å²) in [4.78, 5) is 11.3. The zero-order valence-corrected chi connectivity index (χ0v) is 15.6. The molecule has 2 N–H and O–H groups in total. The van der Waals surface area contributed by atoms with E-state index in [9.17, 15) is 0 Å². The highest BCUT2D eigenvalue weighted by molar-refractivity contribution is 5.41. The maximum atomic E-state index is 4.63. The Kier molecular flexibility index (Phi) is 9.80. The van der Waals surface area contributed by atoms with Crippen LogP contribution in [-0.2, 0) is 6.54 Å². The van der Waals surface area contributed by atoms with Gasteiger partial charge in [0.2, 0.25) is 0 Å². The van der Waals surface area contributed by atoms with Gasteiger partial charge in [0, 0.05) is 25.3 Å². The Morgan fingerprint density at radius 3 is 2.43 bits per heavy atom. The lowest BCUT2D eigenvalue weighted by Gasteiger charge is -2.39. The molecule has 132 valence electrons. The van der Waals surface area contributed by atoms with Gasteiger partial charge < -0.3 is 15.5 Å². The number of anilines is 1. The minimum atomic E-state index is 0.607. The molecule has 1 saturated carbocycles. The summed E-state index contributed by atoms with van der Waals surface area (Å²) in [6.07, 6.45) is 6.04. The summed E-state index contributed by atoms with van der Waals surface area (Å²) < 4.78 is 0. The zero-order chi connectivity index (χ0) is 17.1. The van der Waals surface area contributed by atoms with E-state index in [0.717, 1.165) is 43.7 Å². The molecule has 2 heterocycles. The molecule has 1 aliphatic heterocycles. The summed E-state index contributed by atoms with van der Waals surface area (Å²) in [5, 5.41) is 6.75. The molecule has 3 rings (SSSR count). The van der Waals surface area contributed by atoms with Gasteiger partial charge in [0.15, 0.2) is 0 Å². The number of likely N-dealkylation sites (N-methyl/N-ethyl adjacent to an activating group) is 1. The van der Waals surface area contributed by atoms with Crippen molar-refractivity contribution >= 4 is 5.82 Å². The Morgan fingerprint density at radius 1 is 1.17 bits per heavy atom. The third kappa shape index (κ3) is 6.07. The molecule has 2 aliphatic rings. The van der Waals surface area contributed by atoms with Crippen molar-refractivity contribution in [2.24, 2.45) is 5.92 Å². The molecular formula is C18H35N5. The van der Waals surface area contributed by atoms with Crippen LogP contribution in [0.25, 0.3) is 0 Å². The maximum Gasteiger partial charge on any atom is 0.144 e. The lowest BCUT2D eigenvalue weighted by Crippen LogP contribution is -2.57. The molecule has 0 bridgehead atoms. The average molecular weight is 322 g/mol. The first-order valence-corrected chi connectivity index (χ1v) is 9.30. The standard InChI is InChI=1S/C14H23N5.2C2H6/c1-15-12-9-19(10-12)14-5-6-17-13(18-14)8-16-7-11-3-2-4-11;2*1-2/h5-6,11-12,15-16H,2-4,7-10H2,1H3;2*1-2H3. The average Bonchev–Trinajstić information content (AvgIpc) is 2.53. The van der Waals surface area contributed by atoms with Crippen LogP contribution in [0.3, 0.4) is 0 Å². The smallest absolute Gasteiger partial charge is 0.144 e. The van der Waals surface area contributed by atoms with Crippen molar-refractivity contribution in [3.05, 3.63) is 18.1 Å². The first-order chi connectivity index (χ1) is 11.3. The van der Waals surface area contributed by atoms with Crippen molar-refractivity contribution in [2.45, 2.75) is 59.5 Å². The van der Waals surface area contributed by atoms with E-state index in [1.165, 1.54) is 19.3 Å². The Morgan fingerprint density at radius 2 is 1.87 bits per heavy atom. The van der Waals surface area contributed by atoms with Crippen molar-refractivity contribution < 1.29 is 0 Å². The highest BCUT2D eigenvalue weighted by Crippen LogP contribution is 2.25. The summed E-state index contributed by atoms with van der Waals surface area (Å²) in [5.74, 6) is 2.85. The van der Waals surface area contributed by atoms with Gasteiger partial charge in [-0.25, -0.2) is 9.97 Å². The van der Waals surface area contributed by atoms with Gasteiger partial charge in [-0.2, -0.15) is 0 Å². The predicted molar refractivity (Wildman–Crippen MR) is 98.8 cm³/mol. The SMILES string of the molecule is CC.CC.CNC1CN(c2ccnc(CNCC3CCC3)n2)C1. The molecule has 23 heavy (non-hydrogen) atoms. The first kappa shape index (κ1) is 19.8. The van der Waals surface area contributed by atoms with Crippen LogP contribution in [0.15, 0.2) is 12.3 Å². The molecule has 1 aliphatic carbocycles. The van der Waals surface area contributed by atoms with Crippen LogP contribution in [-0.4, -0.2) is 42.7 Å². The topological polar surface area (TPSA) is 53.1 Å². The number of nitrogens with one attached hydrogen (secondary N) is 2. The Bertz CT molecular complexity index is 414. The molecule has 0 spiro atoms. The normalized spacial score (nSPS) is 17.2. The molecule has 5 nitrogen and oxygen atoms in total. The van der Waals surface area contributed by atoms with Crippen molar-refractivity contribution in [3.63, 3.8) is 0 Å². The minimum Gasteiger partial charge on any atom is -0.353 e. The van der Waals surface area contributed by atoms with Gasteiger partial charge in [-0.05, 0) is 38.4 Å². The van der Waals surface area contributed by atoms with Crippen molar-refractivity contribution in [1.82, 2.24) is 20.6 Å². The number of hydrogen-bond donors (Lipinski definition) is 2. The third-order valence-corrected chi connectivity index (χ3v) is 4.25. The largest absolute Gasteiger partial charge is 0.353 e. The molecule has 0 amide bonds. The second-order valence-electron chi connectivity index (χ2n) is 5.65. The van der Waals surface area contributed by atoms with Gasteiger partial charge in [0.1, 0.15) is 11.6 Å². The van der Waals surface area contributed by atoms with E-state index in [-0.39, 0.29) is 0 Å². The second-order valence-corrected chi connectivity index (χ2v) is 5.65. The van der Waals surface area contributed by atoms with Crippen LogP contribution in [0.4, 0.5) is 5.82 Å². The van der Waals surface area contributed by atoms with Crippen LogP contribution in [0.1, 0.15) is 52.8 Å². The molecule has 2 fully saturated rings. The minimum absolute atomic E-state index is 0.607. The Labute approximate surface area is 142 Å². The van der Waals surface area contributed by atoms with E-state index in [2.05, 4.69) is 25.5 Å². The van der Waals surface area contributed by atoms with Crippen molar-refractivity contribution in [3.8, 4) is 0 Å². The lowest BCUT2D eigenvalue weighted by atomic mass is 9.85. The van der Waals surface area contributed by atoms with Gasteiger partial charge in [-0.3, -0.25) is 0 Å². The Balaban J connectivity index is 0.000000615. The van der Waals surface area contributed by atoms with Crippen LogP contribution in [0.2, 0.25) is 0 Å². The molecule has 5 heteroatoms. The maximum absolute atomic E-state index is 4.63. The predicted octanol–water partition coefficient (Wildman–Crippen LogP) is 2.83. The second kappa shape index (κ2) is 11.4. The summed E-state index contributed by atoms with van der Waals surface area (Å²) >= 11 is 0. The quantitative estimate of drug-likeness (QED) is 0.844. The molecular weight excluding hydrogens is 286 g/mol. The fourth-order valence-corrected chi connectivity index (χ4v) is 2.58. The van der Waals surface area contributed by atoms with Gasteiger partial charge >= 0.3 is 0 Å². The van der Waals surface area contributed by atoms with Gasteiger partial charge in [0.25, 0.3) is 0 Å². The molecule has 0 unspecified atom stereocenters. The van der Waals surface area contributed by atoms with E-state index in [1.807, 2.05) is 47.0 Å². The van der Waals surface area contributed by atoms with Crippen LogP contribution in [0, 0.1) is 5.92 Å². The van der Waals surface area contributed by atoms with E-state index in [1.54, 1.807) is 0 Å². The van der Waals surface area contributed by atoms with Gasteiger partial charge in [-0.15, -0.1) is 0 Å².